The maximum atomic E-state index is 11.6. The van der Waals surface area contributed by atoms with Crippen LogP contribution in [-0.2, 0) is 4.79 Å². The summed E-state index contributed by atoms with van der Waals surface area (Å²) in [5.41, 5.74) is 5.56. The van der Waals surface area contributed by atoms with Crippen LogP contribution in [-0.4, -0.2) is 60.6 Å². The summed E-state index contributed by atoms with van der Waals surface area (Å²) in [7, 11) is 0. The van der Waals surface area contributed by atoms with Gasteiger partial charge in [0.15, 0.2) is 0 Å². The Morgan fingerprint density at radius 2 is 1.91 bits per heavy atom. The highest BCUT2D eigenvalue weighted by molar-refractivity contribution is 5.85. The third-order valence-electron chi connectivity index (χ3n) is 3.68. The molecule has 6 nitrogen and oxygen atoms in total. The fourth-order valence-electron chi connectivity index (χ4n) is 2.51. The lowest BCUT2D eigenvalue weighted by Crippen LogP contribution is -2.52. The van der Waals surface area contributed by atoms with Crippen LogP contribution in [0.15, 0.2) is 24.4 Å². The Balaban J connectivity index is 0.00000242. The Bertz CT molecular complexity index is 452. The summed E-state index contributed by atoms with van der Waals surface area (Å²) in [5, 5.41) is 2.94. The molecule has 1 saturated heterocycles. The molecule has 1 aliphatic heterocycles. The molecular formula is C15H27Cl2N5O. The summed E-state index contributed by atoms with van der Waals surface area (Å²) in [4.78, 5) is 20.6. The van der Waals surface area contributed by atoms with E-state index >= 15 is 0 Å². The van der Waals surface area contributed by atoms with E-state index in [9.17, 15) is 4.79 Å². The molecule has 3 N–H and O–H groups in total. The molecular weight excluding hydrogens is 337 g/mol. The summed E-state index contributed by atoms with van der Waals surface area (Å²) >= 11 is 0. The molecule has 8 heteroatoms. The molecule has 1 unspecified atom stereocenters. The van der Waals surface area contributed by atoms with Gasteiger partial charge in [-0.05, 0) is 26.0 Å². The molecule has 1 aliphatic rings. The van der Waals surface area contributed by atoms with Gasteiger partial charge in [0.05, 0.1) is 6.04 Å². The van der Waals surface area contributed by atoms with Crippen LogP contribution in [0.3, 0.4) is 0 Å². The van der Waals surface area contributed by atoms with Crippen LogP contribution in [0.2, 0.25) is 0 Å². The normalized spacial score (nSPS) is 17.4. The average molecular weight is 364 g/mol. The molecule has 0 radical (unpaired) electrons. The Hall–Kier alpha value is -1.08. The number of amides is 1. The summed E-state index contributed by atoms with van der Waals surface area (Å²) in [6, 6.07) is 5.66. The van der Waals surface area contributed by atoms with Gasteiger partial charge in [0.25, 0.3) is 0 Å². The second-order valence-electron chi connectivity index (χ2n) is 5.67. The lowest BCUT2D eigenvalue weighted by Gasteiger charge is -2.36. The van der Waals surface area contributed by atoms with Gasteiger partial charge >= 0.3 is 0 Å². The van der Waals surface area contributed by atoms with E-state index in [1.807, 2.05) is 31.3 Å². The fourth-order valence-corrected chi connectivity index (χ4v) is 2.51. The van der Waals surface area contributed by atoms with Crippen LogP contribution in [0.25, 0.3) is 0 Å². The number of carbonyl (C=O) groups excluding carboxylic acids is 1. The molecule has 0 spiro atoms. The summed E-state index contributed by atoms with van der Waals surface area (Å²) in [5.74, 6) is 0.949. The average Bonchev–Trinajstić information content (AvgIpc) is 2.48. The number of nitrogens with one attached hydrogen (secondary N) is 1. The number of rotatable bonds is 5. The highest BCUT2D eigenvalue weighted by Crippen LogP contribution is 2.12. The molecule has 0 saturated carbocycles. The zero-order chi connectivity index (χ0) is 15.2. The summed E-state index contributed by atoms with van der Waals surface area (Å²) in [6.45, 7) is 8.47. The smallest absolute Gasteiger partial charge is 0.236 e. The third kappa shape index (κ3) is 6.91. The van der Waals surface area contributed by atoms with E-state index in [0.717, 1.165) is 38.5 Å². The summed E-state index contributed by atoms with van der Waals surface area (Å²) in [6.07, 6.45) is 1.83. The van der Waals surface area contributed by atoms with Gasteiger partial charge in [0.1, 0.15) is 5.82 Å². The van der Waals surface area contributed by atoms with Crippen LogP contribution < -0.4 is 16.0 Å². The first-order valence-corrected chi connectivity index (χ1v) is 7.50. The van der Waals surface area contributed by atoms with Crippen molar-refractivity contribution in [2.24, 2.45) is 5.73 Å². The van der Waals surface area contributed by atoms with Gasteiger partial charge in [-0.1, -0.05) is 6.07 Å². The molecule has 0 bridgehead atoms. The Morgan fingerprint density at radius 3 is 2.43 bits per heavy atom. The van der Waals surface area contributed by atoms with Crippen molar-refractivity contribution in [2.75, 3.05) is 37.6 Å². The van der Waals surface area contributed by atoms with Crippen LogP contribution in [0.4, 0.5) is 5.82 Å². The third-order valence-corrected chi connectivity index (χ3v) is 3.68. The quantitative estimate of drug-likeness (QED) is 0.812. The van der Waals surface area contributed by atoms with E-state index in [1.54, 1.807) is 6.92 Å². The first kappa shape index (κ1) is 21.9. The van der Waals surface area contributed by atoms with Crippen LogP contribution in [0.1, 0.15) is 13.8 Å². The number of nitrogens with two attached hydrogens (primary N) is 1. The van der Waals surface area contributed by atoms with Crippen molar-refractivity contribution < 1.29 is 4.79 Å². The predicted molar refractivity (Wildman–Crippen MR) is 98.6 cm³/mol. The minimum Gasteiger partial charge on any atom is -0.354 e. The largest absolute Gasteiger partial charge is 0.354 e. The lowest BCUT2D eigenvalue weighted by atomic mass is 10.2. The molecule has 0 aromatic carbocycles. The number of nitrogens with zero attached hydrogens (tertiary/aromatic N) is 3. The number of halogens is 2. The first-order valence-electron chi connectivity index (χ1n) is 7.50. The van der Waals surface area contributed by atoms with E-state index in [4.69, 9.17) is 5.73 Å². The van der Waals surface area contributed by atoms with Crippen molar-refractivity contribution in [1.29, 1.82) is 0 Å². The SMILES string of the molecule is CC(CN1CCN(c2ccccn2)CC1)NC(=O)[C@@H](C)N.Cl.Cl. The minimum atomic E-state index is -0.451. The molecule has 1 aromatic heterocycles. The molecule has 0 aliphatic carbocycles. The van der Waals surface area contributed by atoms with Crippen LogP contribution in [0.5, 0.6) is 0 Å². The topological polar surface area (TPSA) is 74.5 Å². The Kier molecular flexibility index (Phi) is 10.1. The standard InChI is InChI=1S/C15H25N5O.2ClH/c1-12(18-15(21)13(2)16)11-19-7-9-20(10-8-19)14-5-3-4-6-17-14;;/h3-6,12-13H,7-11,16H2,1-2H3,(H,18,21);2*1H/t12?,13-;;/m1../s1. The zero-order valence-corrected chi connectivity index (χ0v) is 15.3. The van der Waals surface area contributed by atoms with Gasteiger partial charge in [0.2, 0.25) is 5.91 Å². The monoisotopic (exact) mass is 363 g/mol. The van der Waals surface area contributed by atoms with Crippen molar-refractivity contribution in [3.05, 3.63) is 24.4 Å². The van der Waals surface area contributed by atoms with Gasteiger partial charge in [-0.15, -0.1) is 24.8 Å². The van der Waals surface area contributed by atoms with E-state index in [-0.39, 0.29) is 36.8 Å². The van der Waals surface area contributed by atoms with Gasteiger partial charge in [-0.3, -0.25) is 9.69 Å². The highest BCUT2D eigenvalue weighted by Gasteiger charge is 2.20. The van der Waals surface area contributed by atoms with Gasteiger partial charge < -0.3 is 16.0 Å². The van der Waals surface area contributed by atoms with Crippen LogP contribution >= 0.6 is 24.8 Å². The maximum Gasteiger partial charge on any atom is 0.236 e. The molecule has 2 rings (SSSR count). The number of anilines is 1. The molecule has 1 fully saturated rings. The van der Waals surface area contributed by atoms with Crippen molar-refractivity contribution in [3.8, 4) is 0 Å². The second kappa shape index (κ2) is 10.6. The molecule has 23 heavy (non-hydrogen) atoms. The molecule has 132 valence electrons. The van der Waals surface area contributed by atoms with Gasteiger partial charge in [-0.25, -0.2) is 4.98 Å². The number of carbonyl (C=O) groups is 1. The zero-order valence-electron chi connectivity index (χ0n) is 13.6. The number of hydrogen-bond acceptors (Lipinski definition) is 5. The maximum absolute atomic E-state index is 11.6. The number of pyridine rings is 1. The number of hydrogen-bond donors (Lipinski definition) is 2. The van der Waals surface area contributed by atoms with Crippen molar-refractivity contribution in [2.45, 2.75) is 25.9 Å². The minimum absolute atomic E-state index is 0. The summed E-state index contributed by atoms with van der Waals surface area (Å²) < 4.78 is 0. The Morgan fingerprint density at radius 1 is 1.26 bits per heavy atom. The second-order valence-corrected chi connectivity index (χ2v) is 5.67. The Labute approximate surface area is 150 Å². The fraction of sp³-hybridized carbons (Fsp3) is 0.600. The number of piperazine rings is 1. The van der Waals surface area contributed by atoms with E-state index in [2.05, 4.69) is 20.1 Å². The van der Waals surface area contributed by atoms with E-state index in [0.29, 0.717) is 0 Å². The van der Waals surface area contributed by atoms with E-state index in [1.165, 1.54) is 0 Å². The van der Waals surface area contributed by atoms with E-state index < -0.39 is 6.04 Å². The van der Waals surface area contributed by atoms with Crippen molar-refractivity contribution >= 4 is 36.5 Å². The van der Waals surface area contributed by atoms with Crippen LogP contribution in [0, 0.1) is 0 Å². The molecule has 2 atom stereocenters. The lowest BCUT2D eigenvalue weighted by molar-refractivity contribution is -0.122. The molecule has 2 heterocycles. The molecule has 1 amide bonds. The van der Waals surface area contributed by atoms with Crippen molar-refractivity contribution in [3.63, 3.8) is 0 Å². The predicted octanol–water partition coefficient (Wildman–Crippen LogP) is 0.899. The van der Waals surface area contributed by atoms with Gasteiger partial charge in [-0.2, -0.15) is 0 Å². The highest BCUT2D eigenvalue weighted by atomic mass is 35.5. The van der Waals surface area contributed by atoms with Crippen molar-refractivity contribution in [1.82, 2.24) is 15.2 Å². The number of aromatic nitrogens is 1. The first-order chi connectivity index (χ1) is 10.1. The molecule has 1 aromatic rings. The van der Waals surface area contributed by atoms with Gasteiger partial charge in [0, 0.05) is 45.0 Å².